The standard InChI is InChI=1S/C14H14N2/c1-3-12(4-2)16-14-13-8-6-5-7-11(13)9-10-15-14/h1,5-10,12H,4H2,2H3,(H,15,16). The van der Waals surface area contributed by atoms with Crippen LogP contribution in [0.15, 0.2) is 36.5 Å². The number of hydrogen-bond acceptors (Lipinski definition) is 2. The van der Waals surface area contributed by atoms with Crippen molar-refractivity contribution in [3.8, 4) is 12.3 Å². The molecule has 0 amide bonds. The van der Waals surface area contributed by atoms with E-state index >= 15 is 0 Å². The van der Waals surface area contributed by atoms with E-state index in [0.29, 0.717) is 0 Å². The largest absolute Gasteiger partial charge is 0.356 e. The monoisotopic (exact) mass is 210 g/mol. The fourth-order valence-electron chi connectivity index (χ4n) is 1.66. The molecular formula is C14H14N2. The fraction of sp³-hybridized carbons (Fsp3) is 0.214. The van der Waals surface area contributed by atoms with Gasteiger partial charge in [-0.1, -0.05) is 37.1 Å². The van der Waals surface area contributed by atoms with Crippen molar-refractivity contribution in [3.05, 3.63) is 36.5 Å². The molecule has 2 heteroatoms. The molecule has 0 aliphatic rings. The summed E-state index contributed by atoms with van der Waals surface area (Å²) in [6.45, 7) is 2.06. The van der Waals surface area contributed by atoms with Crippen LogP contribution >= 0.6 is 0 Å². The van der Waals surface area contributed by atoms with E-state index in [1.807, 2.05) is 24.3 Å². The van der Waals surface area contributed by atoms with Crippen molar-refractivity contribution in [2.45, 2.75) is 19.4 Å². The van der Waals surface area contributed by atoms with Crippen molar-refractivity contribution >= 4 is 16.6 Å². The molecule has 0 aliphatic heterocycles. The van der Waals surface area contributed by atoms with Gasteiger partial charge in [0.1, 0.15) is 5.82 Å². The SMILES string of the molecule is C#CC(CC)Nc1nccc2ccccc12. The molecule has 1 atom stereocenters. The number of benzene rings is 1. The lowest BCUT2D eigenvalue weighted by molar-refractivity contribution is 0.853. The molecule has 1 aromatic heterocycles. The van der Waals surface area contributed by atoms with E-state index in [4.69, 9.17) is 6.42 Å². The van der Waals surface area contributed by atoms with Crippen LogP contribution < -0.4 is 5.32 Å². The van der Waals surface area contributed by atoms with Crippen LogP contribution in [0.4, 0.5) is 5.82 Å². The van der Waals surface area contributed by atoms with Gasteiger partial charge in [0.15, 0.2) is 0 Å². The molecule has 0 saturated carbocycles. The average molecular weight is 210 g/mol. The molecule has 1 aromatic carbocycles. The van der Waals surface area contributed by atoms with Gasteiger partial charge in [0.2, 0.25) is 0 Å². The van der Waals surface area contributed by atoms with E-state index in [1.165, 1.54) is 5.39 Å². The molecule has 1 heterocycles. The van der Waals surface area contributed by atoms with Gasteiger partial charge < -0.3 is 5.32 Å². The second kappa shape index (κ2) is 4.67. The Morgan fingerprint density at radius 2 is 2.19 bits per heavy atom. The molecule has 2 aromatic rings. The van der Waals surface area contributed by atoms with Crippen LogP contribution in [-0.4, -0.2) is 11.0 Å². The molecule has 0 fully saturated rings. The number of rotatable bonds is 3. The maximum absolute atomic E-state index is 5.43. The summed E-state index contributed by atoms with van der Waals surface area (Å²) in [5.41, 5.74) is 0. The maximum Gasteiger partial charge on any atom is 0.134 e. The second-order valence-electron chi connectivity index (χ2n) is 3.65. The molecule has 16 heavy (non-hydrogen) atoms. The van der Waals surface area contributed by atoms with Gasteiger partial charge >= 0.3 is 0 Å². The van der Waals surface area contributed by atoms with Gasteiger partial charge in [0.25, 0.3) is 0 Å². The number of anilines is 1. The molecule has 0 aliphatic carbocycles. The lowest BCUT2D eigenvalue weighted by Gasteiger charge is -2.13. The van der Waals surface area contributed by atoms with Crippen molar-refractivity contribution in [2.24, 2.45) is 0 Å². The van der Waals surface area contributed by atoms with Crippen molar-refractivity contribution in [2.75, 3.05) is 5.32 Å². The lowest BCUT2D eigenvalue weighted by Crippen LogP contribution is -2.16. The third-order valence-electron chi connectivity index (χ3n) is 2.59. The van der Waals surface area contributed by atoms with Crippen molar-refractivity contribution in [3.63, 3.8) is 0 Å². The topological polar surface area (TPSA) is 24.9 Å². The van der Waals surface area contributed by atoms with Gasteiger partial charge in [-0.3, -0.25) is 0 Å². The zero-order valence-electron chi connectivity index (χ0n) is 9.27. The number of aromatic nitrogens is 1. The minimum absolute atomic E-state index is 0.0401. The minimum atomic E-state index is 0.0401. The number of hydrogen-bond donors (Lipinski definition) is 1. The quantitative estimate of drug-likeness (QED) is 0.787. The first-order chi connectivity index (χ1) is 7.85. The van der Waals surface area contributed by atoms with E-state index < -0.39 is 0 Å². The Labute approximate surface area is 95.7 Å². The van der Waals surface area contributed by atoms with E-state index in [-0.39, 0.29) is 6.04 Å². The summed E-state index contributed by atoms with van der Waals surface area (Å²) in [7, 11) is 0. The Balaban J connectivity index is 2.41. The molecule has 2 nitrogen and oxygen atoms in total. The second-order valence-corrected chi connectivity index (χ2v) is 3.65. The van der Waals surface area contributed by atoms with E-state index in [1.54, 1.807) is 6.20 Å². The molecule has 0 saturated heterocycles. The lowest BCUT2D eigenvalue weighted by atomic mass is 10.1. The first-order valence-corrected chi connectivity index (χ1v) is 5.41. The molecule has 0 spiro atoms. The van der Waals surface area contributed by atoms with E-state index in [0.717, 1.165) is 17.6 Å². The predicted octanol–water partition coefficient (Wildman–Crippen LogP) is 3.06. The van der Waals surface area contributed by atoms with Crippen molar-refractivity contribution in [1.82, 2.24) is 4.98 Å². The summed E-state index contributed by atoms with van der Waals surface area (Å²) < 4.78 is 0. The van der Waals surface area contributed by atoms with Crippen LogP contribution in [0.3, 0.4) is 0 Å². The summed E-state index contributed by atoms with van der Waals surface area (Å²) in [5.74, 6) is 3.58. The highest BCUT2D eigenvalue weighted by atomic mass is 15.0. The third kappa shape index (κ3) is 1.99. The molecule has 80 valence electrons. The van der Waals surface area contributed by atoms with Gasteiger partial charge in [-0.25, -0.2) is 4.98 Å². The van der Waals surface area contributed by atoms with Gasteiger partial charge in [-0.15, -0.1) is 6.42 Å². The summed E-state index contributed by atoms with van der Waals surface area (Å²) in [6.07, 6.45) is 8.12. The van der Waals surface area contributed by atoms with Gasteiger partial charge in [0, 0.05) is 11.6 Å². The molecule has 0 radical (unpaired) electrons. The summed E-state index contributed by atoms with van der Waals surface area (Å²) >= 11 is 0. The zero-order chi connectivity index (χ0) is 11.4. The zero-order valence-corrected chi connectivity index (χ0v) is 9.27. The van der Waals surface area contributed by atoms with Crippen LogP contribution in [0.2, 0.25) is 0 Å². The van der Waals surface area contributed by atoms with Gasteiger partial charge in [-0.2, -0.15) is 0 Å². The summed E-state index contributed by atoms with van der Waals surface area (Å²) in [4.78, 5) is 4.34. The highest BCUT2D eigenvalue weighted by molar-refractivity contribution is 5.91. The van der Waals surface area contributed by atoms with E-state index in [2.05, 4.69) is 29.2 Å². The number of nitrogens with zero attached hydrogens (tertiary/aromatic N) is 1. The van der Waals surface area contributed by atoms with Crippen LogP contribution in [0, 0.1) is 12.3 Å². The first kappa shape index (κ1) is 10.5. The fourth-order valence-corrected chi connectivity index (χ4v) is 1.66. The molecule has 0 bridgehead atoms. The smallest absolute Gasteiger partial charge is 0.134 e. The molecule has 1 N–H and O–H groups in total. The molecule has 1 unspecified atom stereocenters. The number of nitrogens with one attached hydrogen (secondary N) is 1. The Morgan fingerprint density at radius 1 is 1.38 bits per heavy atom. The van der Waals surface area contributed by atoms with Gasteiger partial charge in [-0.05, 0) is 17.9 Å². The van der Waals surface area contributed by atoms with Crippen LogP contribution in [0.5, 0.6) is 0 Å². The van der Waals surface area contributed by atoms with Crippen molar-refractivity contribution in [1.29, 1.82) is 0 Å². The Hall–Kier alpha value is -2.01. The highest BCUT2D eigenvalue weighted by Gasteiger charge is 2.05. The summed E-state index contributed by atoms with van der Waals surface area (Å²) in [6, 6.07) is 10.2. The normalized spacial score (nSPS) is 12.0. The van der Waals surface area contributed by atoms with Crippen molar-refractivity contribution < 1.29 is 0 Å². The van der Waals surface area contributed by atoms with E-state index in [9.17, 15) is 0 Å². The van der Waals surface area contributed by atoms with Crippen LogP contribution in [0.1, 0.15) is 13.3 Å². The summed E-state index contributed by atoms with van der Waals surface area (Å²) in [5, 5.41) is 5.56. The maximum atomic E-state index is 5.43. The van der Waals surface area contributed by atoms with Crippen LogP contribution in [0.25, 0.3) is 10.8 Å². The Bertz CT molecular complexity index is 520. The molecule has 2 rings (SSSR count). The highest BCUT2D eigenvalue weighted by Crippen LogP contribution is 2.21. The number of pyridine rings is 1. The number of terminal acetylenes is 1. The minimum Gasteiger partial charge on any atom is -0.356 e. The number of fused-ring (bicyclic) bond motifs is 1. The predicted molar refractivity (Wildman–Crippen MR) is 68.3 cm³/mol. The Morgan fingerprint density at radius 3 is 2.94 bits per heavy atom. The Kier molecular flexibility index (Phi) is 3.07. The first-order valence-electron chi connectivity index (χ1n) is 5.41. The van der Waals surface area contributed by atoms with Crippen LogP contribution in [-0.2, 0) is 0 Å². The molecular weight excluding hydrogens is 196 g/mol. The average Bonchev–Trinajstić information content (AvgIpc) is 2.36. The third-order valence-corrected chi connectivity index (χ3v) is 2.59. The van der Waals surface area contributed by atoms with Gasteiger partial charge in [0.05, 0.1) is 6.04 Å².